The van der Waals surface area contributed by atoms with Crippen molar-refractivity contribution in [1.29, 1.82) is 0 Å². The van der Waals surface area contributed by atoms with E-state index in [9.17, 15) is 4.79 Å². The van der Waals surface area contributed by atoms with Crippen molar-refractivity contribution in [2.24, 2.45) is 0 Å². The molecule has 1 fully saturated rings. The van der Waals surface area contributed by atoms with Crippen molar-refractivity contribution in [1.82, 2.24) is 10.2 Å². The minimum Gasteiger partial charge on any atom is -0.450 e. The van der Waals surface area contributed by atoms with Gasteiger partial charge >= 0.3 is 6.09 Å². The molecule has 0 aromatic carbocycles. The number of nitrogens with one attached hydrogen (secondary N) is 1. The number of ether oxygens (including phenoxy) is 1. The SMILES string of the molecule is CCOC(=O)N1C[C@H](C)NC[C@H]1C. The zero-order valence-electron chi connectivity index (χ0n) is 8.54. The highest BCUT2D eigenvalue weighted by Gasteiger charge is 2.27. The van der Waals surface area contributed by atoms with Gasteiger partial charge in [0.25, 0.3) is 0 Å². The Morgan fingerprint density at radius 2 is 2.31 bits per heavy atom. The molecule has 0 aliphatic carbocycles. The molecule has 1 saturated heterocycles. The molecule has 13 heavy (non-hydrogen) atoms. The zero-order chi connectivity index (χ0) is 9.84. The lowest BCUT2D eigenvalue weighted by Gasteiger charge is -2.36. The van der Waals surface area contributed by atoms with Crippen molar-refractivity contribution in [2.45, 2.75) is 32.9 Å². The third-order valence-corrected chi connectivity index (χ3v) is 2.27. The first kappa shape index (κ1) is 10.3. The number of carbonyl (C=O) groups is 1. The van der Waals surface area contributed by atoms with Crippen LogP contribution in [0.5, 0.6) is 0 Å². The molecular weight excluding hydrogens is 168 g/mol. The van der Waals surface area contributed by atoms with E-state index in [4.69, 9.17) is 4.74 Å². The van der Waals surface area contributed by atoms with Crippen LogP contribution >= 0.6 is 0 Å². The van der Waals surface area contributed by atoms with Crippen LogP contribution in [-0.4, -0.2) is 42.8 Å². The quantitative estimate of drug-likeness (QED) is 0.659. The van der Waals surface area contributed by atoms with Gasteiger partial charge in [-0.15, -0.1) is 0 Å². The molecule has 0 spiro atoms. The summed E-state index contributed by atoms with van der Waals surface area (Å²) in [6, 6.07) is 0.593. The molecule has 0 saturated carbocycles. The molecule has 0 aromatic rings. The number of rotatable bonds is 1. The van der Waals surface area contributed by atoms with E-state index in [-0.39, 0.29) is 12.1 Å². The monoisotopic (exact) mass is 186 g/mol. The van der Waals surface area contributed by atoms with Crippen LogP contribution < -0.4 is 5.32 Å². The third kappa shape index (κ3) is 2.59. The average molecular weight is 186 g/mol. The van der Waals surface area contributed by atoms with Gasteiger partial charge in [-0.1, -0.05) is 0 Å². The fourth-order valence-electron chi connectivity index (χ4n) is 1.48. The van der Waals surface area contributed by atoms with Gasteiger partial charge < -0.3 is 15.0 Å². The topological polar surface area (TPSA) is 41.6 Å². The van der Waals surface area contributed by atoms with Gasteiger partial charge in [0, 0.05) is 25.2 Å². The van der Waals surface area contributed by atoms with Crippen LogP contribution in [0, 0.1) is 0 Å². The van der Waals surface area contributed by atoms with E-state index in [2.05, 4.69) is 12.2 Å². The summed E-state index contributed by atoms with van der Waals surface area (Å²) >= 11 is 0. The Labute approximate surface area is 79.2 Å². The normalized spacial score (nSPS) is 28.7. The standard InChI is InChI=1S/C9H18N2O2/c1-4-13-9(12)11-6-7(2)10-5-8(11)3/h7-8,10H,4-6H2,1-3H3/t7-,8+/m0/s1. The van der Waals surface area contributed by atoms with Crippen molar-refractivity contribution in [3.63, 3.8) is 0 Å². The van der Waals surface area contributed by atoms with Crippen molar-refractivity contribution < 1.29 is 9.53 Å². The van der Waals surface area contributed by atoms with E-state index in [1.54, 1.807) is 4.90 Å². The van der Waals surface area contributed by atoms with Gasteiger partial charge in [-0.2, -0.15) is 0 Å². The van der Waals surface area contributed by atoms with Crippen LogP contribution in [0.25, 0.3) is 0 Å². The highest BCUT2D eigenvalue weighted by atomic mass is 16.6. The predicted molar refractivity (Wildman–Crippen MR) is 50.7 cm³/mol. The maximum absolute atomic E-state index is 11.4. The third-order valence-electron chi connectivity index (χ3n) is 2.27. The highest BCUT2D eigenvalue weighted by Crippen LogP contribution is 2.07. The largest absolute Gasteiger partial charge is 0.450 e. The smallest absolute Gasteiger partial charge is 0.410 e. The Morgan fingerprint density at radius 1 is 1.62 bits per heavy atom. The molecule has 0 aromatic heterocycles. The molecule has 0 radical (unpaired) electrons. The van der Waals surface area contributed by atoms with Gasteiger partial charge in [0.15, 0.2) is 0 Å². The number of hydrogen-bond acceptors (Lipinski definition) is 3. The Balaban J connectivity index is 2.50. The highest BCUT2D eigenvalue weighted by molar-refractivity contribution is 5.68. The van der Waals surface area contributed by atoms with Crippen LogP contribution in [0.15, 0.2) is 0 Å². The molecule has 1 heterocycles. The van der Waals surface area contributed by atoms with Crippen molar-refractivity contribution >= 4 is 6.09 Å². The summed E-state index contributed by atoms with van der Waals surface area (Å²) in [5.74, 6) is 0. The van der Waals surface area contributed by atoms with E-state index in [0.717, 1.165) is 13.1 Å². The number of carbonyl (C=O) groups excluding carboxylic acids is 1. The summed E-state index contributed by atoms with van der Waals surface area (Å²) < 4.78 is 4.96. The molecule has 4 heteroatoms. The first-order valence-electron chi connectivity index (χ1n) is 4.82. The molecule has 0 unspecified atom stereocenters. The minimum atomic E-state index is -0.191. The Bertz CT molecular complexity index is 184. The van der Waals surface area contributed by atoms with E-state index in [1.807, 2.05) is 13.8 Å². The maximum Gasteiger partial charge on any atom is 0.410 e. The molecule has 2 atom stereocenters. The van der Waals surface area contributed by atoms with Gasteiger partial charge in [-0.05, 0) is 20.8 Å². The summed E-state index contributed by atoms with van der Waals surface area (Å²) in [5.41, 5.74) is 0. The molecule has 1 rings (SSSR count). The Kier molecular flexibility index (Phi) is 3.54. The molecule has 1 aliphatic rings. The molecule has 4 nitrogen and oxygen atoms in total. The lowest BCUT2D eigenvalue weighted by molar-refractivity contribution is 0.0773. The van der Waals surface area contributed by atoms with Crippen LogP contribution in [0.4, 0.5) is 4.79 Å². The van der Waals surface area contributed by atoms with Crippen LogP contribution in [-0.2, 0) is 4.74 Å². The maximum atomic E-state index is 11.4. The van der Waals surface area contributed by atoms with Gasteiger partial charge in [0.2, 0.25) is 0 Å². The van der Waals surface area contributed by atoms with Crippen molar-refractivity contribution in [3.05, 3.63) is 0 Å². The van der Waals surface area contributed by atoms with Gasteiger partial charge in [0.1, 0.15) is 0 Å². The molecule has 76 valence electrons. The van der Waals surface area contributed by atoms with Gasteiger partial charge in [-0.25, -0.2) is 4.79 Å². The lowest BCUT2D eigenvalue weighted by atomic mass is 10.1. The van der Waals surface area contributed by atoms with Crippen molar-refractivity contribution in [3.8, 4) is 0 Å². The first-order valence-corrected chi connectivity index (χ1v) is 4.82. The van der Waals surface area contributed by atoms with E-state index in [1.165, 1.54) is 0 Å². The second kappa shape index (κ2) is 4.46. The van der Waals surface area contributed by atoms with Crippen LogP contribution in [0.3, 0.4) is 0 Å². The summed E-state index contributed by atoms with van der Waals surface area (Å²) in [7, 11) is 0. The fraction of sp³-hybridized carbons (Fsp3) is 0.889. The molecule has 1 N–H and O–H groups in total. The van der Waals surface area contributed by atoms with Crippen LogP contribution in [0.2, 0.25) is 0 Å². The molecular formula is C9H18N2O2. The number of amides is 1. The molecule has 1 amide bonds. The Morgan fingerprint density at radius 3 is 2.92 bits per heavy atom. The van der Waals surface area contributed by atoms with Crippen molar-refractivity contribution in [2.75, 3.05) is 19.7 Å². The summed E-state index contributed by atoms with van der Waals surface area (Å²) in [6.07, 6.45) is -0.191. The minimum absolute atomic E-state index is 0.191. The molecule has 1 aliphatic heterocycles. The number of piperazine rings is 1. The first-order chi connectivity index (χ1) is 6.15. The van der Waals surface area contributed by atoms with E-state index >= 15 is 0 Å². The summed E-state index contributed by atoms with van der Waals surface area (Å²) in [4.78, 5) is 13.2. The second-order valence-electron chi connectivity index (χ2n) is 3.51. The van der Waals surface area contributed by atoms with E-state index in [0.29, 0.717) is 12.6 Å². The predicted octanol–water partition coefficient (Wildman–Crippen LogP) is 0.825. The Hall–Kier alpha value is -0.770. The summed E-state index contributed by atoms with van der Waals surface area (Å²) in [5, 5.41) is 3.31. The second-order valence-corrected chi connectivity index (χ2v) is 3.51. The number of hydrogen-bond donors (Lipinski definition) is 1. The van der Waals surface area contributed by atoms with Gasteiger partial charge in [-0.3, -0.25) is 0 Å². The average Bonchev–Trinajstić information content (AvgIpc) is 2.09. The summed E-state index contributed by atoms with van der Waals surface area (Å²) in [6.45, 7) is 7.95. The number of nitrogens with zero attached hydrogens (tertiary/aromatic N) is 1. The lowest BCUT2D eigenvalue weighted by Crippen LogP contribution is -2.56. The zero-order valence-corrected chi connectivity index (χ0v) is 8.54. The van der Waals surface area contributed by atoms with Crippen LogP contribution in [0.1, 0.15) is 20.8 Å². The fourth-order valence-corrected chi connectivity index (χ4v) is 1.48. The van der Waals surface area contributed by atoms with Gasteiger partial charge in [0.05, 0.1) is 6.61 Å². The van der Waals surface area contributed by atoms with E-state index < -0.39 is 0 Å². The molecule has 0 bridgehead atoms.